The van der Waals surface area contributed by atoms with E-state index in [0.717, 1.165) is 23.3 Å². The molecule has 1 saturated heterocycles. The van der Waals surface area contributed by atoms with E-state index in [4.69, 9.17) is 4.74 Å². The number of nitrogens with zero attached hydrogens (tertiary/aromatic N) is 1. The second-order valence-corrected chi connectivity index (χ2v) is 8.06. The number of aryl methyl sites for hydroxylation is 1. The SMILES string of the molecule is COC(=O)c1cccc2c1CC1(CC2)CCN(Cc2ccc(C(F)(F)F)cc2)C1=O. The molecule has 2 aromatic rings. The Hall–Kier alpha value is -2.83. The van der Waals surface area contributed by atoms with Crippen LogP contribution < -0.4 is 0 Å². The van der Waals surface area contributed by atoms with Crippen LogP contribution in [0.5, 0.6) is 0 Å². The molecule has 1 atom stereocenters. The standard InChI is InChI=1S/C23H22F3NO3/c1-30-20(28)18-4-2-3-16-9-10-22(13-19(16)18)11-12-27(21(22)29)14-15-5-7-17(8-6-15)23(24,25)26/h2-8H,9-14H2,1H3. The van der Waals surface area contributed by atoms with Crippen molar-refractivity contribution in [1.29, 1.82) is 0 Å². The van der Waals surface area contributed by atoms with Crippen molar-refractivity contribution in [3.8, 4) is 0 Å². The number of rotatable bonds is 3. The van der Waals surface area contributed by atoms with E-state index in [2.05, 4.69) is 0 Å². The summed E-state index contributed by atoms with van der Waals surface area (Å²) in [5.74, 6) is -0.399. The van der Waals surface area contributed by atoms with Crippen molar-refractivity contribution in [1.82, 2.24) is 4.90 Å². The highest BCUT2D eigenvalue weighted by molar-refractivity contribution is 5.92. The molecule has 2 aromatic carbocycles. The van der Waals surface area contributed by atoms with E-state index in [1.54, 1.807) is 11.0 Å². The first-order valence-electron chi connectivity index (χ1n) is 9.88. The molecule has 2 aliphatic rings. The zero-order valence-corrected chi connectivity index (χ0v) is 16.6. The Bertz CT molecular complexity index is 984. The van der Waals surface area contributed by atoms with Crippen LogP contribution in [-0.2, 0) is 35.1 Å². The zero-order chi connectivity index (χ0) is 21.5. The number of alkyl halides is 3. The first-order chi connectivity index (χ1) is 14.2. The van der Waals surface area contributed by atoms with E-state index in [1.807, 2.05) is 12.1 Å². The van der Waals surface area contributed by atoms with E-state index in [-0.39, 0.29) is 12.5 Å². The molecule has 0 N–H and O–H groups in total. The third-order valence-electron chi connectivity index (χ3n) is 6.32. The van der Waals surface area contributed by atoms with Gasteiger partial charge in [0.1, 0.15) is 0 Å². The summed E-state index contributed by atoms with van der Waals surface area (Å²) in [5, 5.41) is 0. The average molecular weight is 417 g/mol. The summed E-state index contributed by atoms with van der Waals surface area (Å²) < 4.78 is 43.2. The third-order valence-corrected chi connectivity index (χ3v) is 6.32. The minimum Gasteiger partial charge on any atom is -0.465 e. The summed E-state index contributed by atoms with van der Waals surface area (Å²) in [4.78, 5) is 27.2. The number of carbonyl (C=O) groups is 2. The lowest BCUT2D eigenvalue weighted by molar-refractivity contribution is -0.138. The molecule has 0 bridgehead atoms. The van der Waals surface area contributed by atoms with Gasteiger partial charge < -0.3 is 9.64 Å². The molecule has 0 saturated carbocycles. The first kappa shape index (κ1) is 20.4. The van der Waals surface area contributed by atoms with Crippen LogP contribution in [0, 0.1) is 5.41 Å². The minimum absolute atomic E-state index is 0.00715. The number of benzene rings is 2. The lowest BCUT2D eigenvalue weighted by Crippen LogP contribution is -2.39. The molecule has 7 heteroatoms. The second-order valence-electron chi connectivity index (χ2n) is 8.06. The lowest BCUT2D eigenvalue weighted by atomic mass is 9.69. The Morgan fingerprint density at radius 1 is 1.13 bits per heavy atom. The summed E-state index contributed by atoms with van der Waals surface area (Å²) in [7, 11) is 1.34. The van der Waals surface area contributed by atoms with Crippen molar-refractivity contribution in [3.05, 3.63) is 70.3 Å². The zero-order valence-electron chi connectivity index (χ0n) is 16.6. The van der Waals surface area contributed by atoms with Gasteiger partial charge in [-0.15, -0.1) is 0 Å². The van der Waals surface area contributed by atoms with Crippen LogP contribution in [0.3, 0.4) is 0 Å². The molecule has 1 heterocycles. The average Bonchev–Trinajstić information content (AvgIpc) is 3.02. The van der Waals surface area contributed by atoms with E-state index in [9.17, 15) is 22.8 Å². The van der Waals surface area contributed by atoms with E-state index in [1.165, 1.54) is 19.2 Å². The fraction of sp³-hybridized carbons (Fsp3) is 0.391. The fourth-order valence-electron chi connectivity index (χ4n) is 4.64. The number of hydrogen-bond acceptors (Lipinski definition) is 3. The van der Waals surface area contributed by atoms with Crippen LogP contribution in [0.25, 0.3) is 0 Å². The van der Waals surface area contributed by atoms with Crippen LogP contribution in [0.15, 0.2) is 42.5 Å². The molecule has 4 nitrogen and oxygen atoms in total. The highest BCUT2D eigenvalue weighted by Crippen LogP contribution is 2.45. The van der Waals surface area contributed by atoms with Gasteiger partial charge in [-0.05, 0) is 60.6 Å². The summed E-state index contributed by atoms with van der Waals surface area (Å²) >= 11 is 0. The lowest BCUT2D eigenvalue weighted by Gasteiger charge is -2.34. The Morgan fingerprint density at radius 3 is 2.53 bits per heavy atom. The topological polar surface area (TPSA) is 46.6 Å². The number of fused-ring (bicyclic) bond motifs is 1. The van der Waals surface area contributed by atoms with Gasteiger partial charge in [-0.1, -0.05) is 24.3 Å². The van der Waals surface area contributed by atoms with Crippen LogP contribution >= 0.6 is 0 Å². The molecule has 4 rings (SSSR count). The molecule has 1 unspecified atom stereocenters. The van der Waals surface area contributed by atoms with Gasteiger partial charge in [0.15, 0.2) is 0 Å². The van der Waals surface area contributed by atoms with E-state index in [0.29, 0.717) is 43.4 Å². The molecular formula is C23H22F3NO3. The molecule has 0 radical (unpaired) electrons. The maximum absolute atomic E-state index is 13.3. The Labute approximate surface area is 172 Å². The minimum atomic E-state index is -4.38. The first-order valence-corrected chi connectivity index (χ1v) is 9.88. The number of likely N-dealkylation sites (tertiary alicyclic amines) is 1. The van der Waals surface area contributed by atoms with Crippen LogP contribution in [0.1, 0.15) is 45.5 Å². The van der Waals surface area contributed by atoms with Crippen molar-refractivity contribution in [2.75, 3.05) is 13.7 Å². The number of halogens is 3. The van der Waals surface area contributed by atoms with Gasteiger partial charge >= 0.3 is 12.1 Å². The molecule has 1 aliphatic heterocycles. The van der Waals surface area contributed by atoms with Crippen LogP contribution in [0.4, 0.5) is 13.2 Å². The largest absolute Gasteiger partial charge is 0.465 e. The number of amides is 1. The third kappa shape index (κ3) is 3.57. The fourth-order valence-corrected chi connectivity index (χ4v) is 4.64. The maximum Gasteiger partial charge on any atom is 0.416 e. The van der Waals surface area contributed by atoms with Gasteiger partial charge in [0.2, 0.25) is 5.91 Å². The maximum atomic E-state index is 13.3. The summed E-state index contributed by atoms with van der Waals surface area (Å²) in [6, 6.07) is 10.5. The van der Waals surface area contributed by atoms with Gasteiger partial charge in [0.05, 0.1) is 23.7 Å². The second kappa shape index (κ2) is 7.45. The van der Waals surface area contributed by atoms with Crippen molar-refractivity contribution >= 4 is 11.9 Å². The molecule has 30 heavy (non-hydrogen) atoms. The summed E-state index contributed by atoms with van der Waals surface area (Å²) in [6.45, 7) is 0.833. The van der Waals surface area contributed by atoms with E-state index >= 15 is 0 Å². The number of hydrogen-bond donors (Lipinski definition) is 0. The smallest absolute Gasteiger partial charge is 0.416 e. The van der Waals surface area contributed by atoms with Gasteiger partial charge in [-0.2, -0.15) is 13.2 Å². The number of methoxy groups -OCH3 is 1. The molecule has 1 spiro atoms. The van der Waals surface area contributed by atoms with Crippen LogP contribution in [0.2, 0.25) is 0 Å². The Kier molecular flexibility index (Phi) is 5.08. The quantitative estimate of drug-likeness (QED) is 0.696. The van der Waals surface area contributed by atoms with Gasteiger partial charge in [0.25, 0.3) is 0 Å². The highest BCUT2D eigenvalue weighted by Gasteiger charge is 2.48. The van der Waals surface area contributed by atoms with Crippen molar-refractivity contribution in [2.24, 2.45) is 5.41 Å². The van der Waals surface area contributed by atoms with Gasteiger partial charge in [-0.3, -0.25) is 4.79 Å². The Morgan fingerprint density at radius 2 is 1.87 bits per heavy atom. The summed E-state index contributed by atoms with van der Waals surface area (Å²) in [6.07, 6.45) is -1.82. The van der Waals surface area contributed by atoms with Gasteiger partial charge in [-0.25, -0.2) is 4.79 Å². The predicted molar refractivity (Wildman–Crippen MR) is 104 cm³/mol. The van der Waals surface area contributed by atoms with E-state index < -0.39 is 23.1 Å². The Balaban J connectivity index is 1.53. The van der Waals surface area contributed by atoms with Crippen LogP contribution in [-0.4, -0.2) is 30.4 Å². The monoisotopic (exact) mass is 417 g/mol. The number of esters is 1. The summed E-state index contributed by atoms with van der Waals surface area (Å²) in [5.41, 5.74) is 1.85. The van der Waals surface area contributed by atoms with Crippen molar-refractivity contribution in [2.45, 2.75) is 38.4 Å². The number of ether oxygens (including phenoxy) is 1. The van der Waals surface area contributed by atoms with Gasteiger partial charge in [0, 0.05) is 13.1 Å². The highest BCUT2D eigenvalue weighted by atomic mass is 19.4. The normalized spacial score (nSPS) is 21.1. The van der Waals surface area contributed by atoms with Crippen molar-refractivity contribution < 1.29 is 27.5 Å². The molecule has 1 aliphatic carbocycles. The molecular weight excluding hydrogens is 395 g/mol. The molecule has 1 amide bonds. The van der Waals surface area contributed by atoms with Crippen molar-refractivity contribution in [3.63, 3.8) is 0 Å². The predicted octanol–water partition coefficient (Wildman–Crippen LogP) is 4.40. The molecule has 158 valence electrons. The number of carbonyl (C=O) groups excluding carboxylic acids is 2. The molecule has 0 aromatic heterocycles. The molecule has 1 fully saturated rings.